The highest BCUT2D eigenvalue weighted by molar-refractivity contribution is 7.78. The second kappa shape index (κ2) is 3.70. The number of hydrogen-bond donors (Lipinski definition) is 0. The van der Waals surface area contributed by atoms with Crippen molar-refractivity contribution in [3.05, 3.63) is 42.0 Å². The van der Waals surface area contributed by atoms with E-state index >= 15 is 0 Å². The van der Waals surface area contributed by atoms with Crippen LogP contribution in [-0.2, 0) is 0 Å². The molecule has 1 nitrogen and oxygen atoms in total. The molecule has 0 aromatic heterocycles. The molecular weight excluding hydrogens is 190 g/mol. The standard InChI is InChI=1S/C12H9NS/c1-9-6-11(13-8-14)7-10-4-2-3-5-12(9)10/h2-7H,1H3. The summed E-state index contributed by atoms with van der Waals surface area (Å²) in [5.74, 6) is 0. The second-order valence-corrected chi connectivity index (χ2v) is 3.37. The van der Waals surface area contributed by atoms with E-state index in [1.54, 1.807) is 0 Å². The molecule has 0 N–H and O–H groups in total. The van der Waals surface area contributed by atoms with Crippen molar-refractivity contribution >= 4 is 33.8 Å². The molecule has 68 valence electrons. The van der Waals surface area contributed by atoms with Crippen LogP contribution >= 0.6 is 12.2 Å². The molecule has 0 aliphatic heterocycles. The first-order valence-corrected chi connectivity index (χ1v) is 4.79. The Kier molecular flexibility index (Phi) is 2.40. The van der Waals surface area contributed by atoms with Gasteiger partial charge in [-0.25, -0.2) is 0 Å². The molecular formula is C12H9NS. The first-order valence-electron chi connectivity index (χ1n) is 4.38. The molecule has 0 unspecified atom stereocenters. The zero-order valence-corrected chi connectivity index (χ0v) is 8.64. The van der Waals surface area contributed by atoms with E-state index in [1.165, 1.54) is 16.3 Å². The molecule has 0 amide bonds. The van der Waals surface area contributed by atoms with E-state index in [9.17, 15) is 0 Å². The Morgan fingerprint density at radius 2 is 2.00 bits per heavy atom. The van der Waals surface area contributed by atoms with Gasteiger partial charge in [0.25, 0.3) is 0 Å². The van der Waals surface area contributed by atoms with Crippen molar-refractivity contribution in [3.63, 3.8) is 0 Å². The molecule has 0 bridgehead atoms. The summed E-state index contributed by atoms with van der Waals surface area (Å²) < 4.78 is 0. The number of aliphatic imine (C=N–C) groups is 1. The highest BCUT2D eigenvalue weighted by atomic mass is 32.1. The molecule has 0 heterocycles. The molecule has 0 radical (unpaired) electrons. The number of thiocarbonyl (C=S) groups is 1. The summed E-state index contributed by atoms with van der Waals surface area (Å²) in [7, 11) is 0. The number of isothiocyanates is 1. The van der Waals surface area contributed by atoms with Crippen molar-refractivity contribution in [2.75, 3.05) is 0 Å². The van der Waals surface area contributed by atoms with Crippen LogP contribution in [0.2, 0.25) is 0 Å². The topological polar surface area (TPSA) is 12.4 Å². The third kappa shape index (κ3) is 1.58. The molecule has 2 rings (SSSR count). The Balaban J connectivity index is 2.78. The zero-order chi connectivity index (χ0) is 9.97. The number of rotatable bonds is 1. The van der Waals surface area contributed by atoms with Gasteiger partial charge in [-0.15, -0.1) is 0 Å². The summed E-state index contributed by atoms with van der Waals surface area (Å²) in [6, 6.07) is 12.3. The van der Waals surface area contributed by atoms with Gasteiger partial charge in [0, 0.05) is 0 Å². The van der Waals surface area contributed by atoms with Crippen molar-refractivity contribution in [1.82, 2.24) is 0 Å². The molecule has 0 fully saturated rings. The van der Waals surface area contributed by atoms with Gasteiger partial charge in [-0.2, -0.15) is 4.99 Å². The average Bonchev–Trinajstić information content (AvgIpc) is 2.18. The van der Waals surface area contributed by atoms with Gasteiger partial charge in [0.15, 0.2) is 0 Å². The van der Waals surface area contributed by atoms with E-state index < -0.39 is 0 Å². The highest BCUT2D eigenvalue weighted by Crippen LogP contribution is 2.24. The fourth-order valence-corrected chi connectivity index (χ4v) is 1.71. The van der Waals surface area contributed by atoms with Crippen LogP contribution in [0.4, 0.5) is 5.69 Å². The van der Waals surface area contributed by atoms with Gasteiger partial charge in [-0.05, 0) is 47.6 Å². The molecule has 2 heteroatoms. The Bertz CT molecular complexity index is 525. The van der Waals surface area contributed by atoms with Crippen LogP contribution in [0.1, 0.15) is 5.56 Å². The monoisotopic (exact) mass is 199 g/mol. The van der Waals surface area contributed by atoms with Crippen LogP contribution in [0.5, 0.6) is 0 Å². The Morgan fingerprint density at radius 1 is 1.21 bits per heavy atom. The van der Waals surface area contributed by atoms with E-state index in [0.717, 1.165) is 5.69 Å². The fraction of sp³-hybridized carbons (Fsp3) is 0.0833. The SMILES string of the molecule is Cc1cc(N=C=S)cc2ccccc12. The van der Waals surface area contributed by atoms with Crippen molar-refractivity contribution in [2.24, 2.45) is 4.99 Å². The third-order valence-electron chi connectivity index (χ3n) is 2.23. The molecule has 2 aromatic carbocycles. The molecule has 0 saturated carbocycles. The number of hydrogen-bond acceptors (Lipinski definition) is 2. The van der Waals surface area contributed by atoms with E-state index in [1.807, 2.05) is 24.3 Å². The summed E-state index contributed by atoms with van der Waals surface area (Å²) in [5.41, 5.74) is 2.09. The summed E-state index contributed by atoms with van der Waals surface area (Å²) in [6.45, 7) is 2.07. The van der Waals surface area contributed by atoms with Crippen LogP contribution in [0, 0.1) is 6.92 Å². The van der Waals surface area contributed by atoms with Gasteiger partial charge in [0.1, 0.15) is 0 Å². The van der Waals surface area contributed by atoms with Gasteiger partial charge in [-0.3, -0.25) is 0 Å². The smallest absolute Gasteiger partial charge is 0.0748 e. The van der Waals surface area contributed by atoms with Gasteiger partial charge in [0.05, 0.1) is 10.8 Å². The third-order valence-corrected chi connectivity index (χ3v) is 2.32. The van der Waals surface area contributed by atoms with Crippen LogP contribution in [-0.4, -0.2) is 5.16 Å². The lowest BCUT2D eigenvalue weighted by Gasteiger charge is -2.02. The van der Waals surface area contributed by atoms with Gasteiger partial charge in [0.2, 0.25) is 0 Å². The first-order chi connectivity index (χ1) is 6.81. The minimum Gasteiger partial charge on any atom is -0.195 e. The molecule has 0 aliphatic carbocycles. The average molecular weight is 199 g/mol. The largest absolute Gasteiger partial charge is 0.195 e. The molecule has 0 spiro atoms. The number of fused-ring (bicyclic) bond motifs is 1. The molecule has 2 aromatic rings. The van der Waals surface area contributed by atoms with E-state index in [4.69, 9.17) is 0 Å². The minimum absolute atomic E-state index is 0.871. The lowest BCUT2D eigenvalue weighted by molar-refractivity contribution is 1.48. The maximum Gasteiger partial charge on any atom is 0.0748 e. The predicted octanol–water partition coefficient (Wildman–Crippen LogP) is 3.88. The fourth-order valence-electron chi connectivity index (χ4n) is 1.60. The van der Waals surface area contributed by atoms with Gasteiger partial charge < -0.3 is 0 Å². The van der Waals surface area contributed by atoms with Crippen LogP contribution in [0.3, 0.4) is 0 Å². The predicted molar refractivity (Wildman–Crippen MR) is 63.4 cm³/mol. The van der Waals surface area contributed by atoms with E-state index in [0.29, 0.717) is 0 Å². The molecule has 0 aliphatic rings. The summed E-state index contributed by atoms with van der Waals surface area (Å²) >= 11 is 4.58. The van der Waals surface area contributed by atoms with Gasteiger partial charge in [-0.1, -0.05) is 24.3 Å². The minimum atomic E-state index is 0.871. The highest BCUT2D eigenvalue weighted by Gasteiger charge is 1.98. The summed E-state index contributed by atoms with van der Waals surface area (Å²) in [4.78, 5) is 3.98. The van der Waals surface area contributed by atoms with E-state index in [2.05, 4.69) is 41.4 Å². The Hall–Kier alpha value is -1.50. The number of nitrogens with zero attached hydrogens (tertiary/aromatic N) is 1. The Morgan fingerprint density at radius 3 is 2.79 bits per heavy atom. The van der Waals surface area contributed by atoms with Crippen LogP contribution < -0.4 is 0 Å². The zero-order valence-electron chi connectivity index (χ0n) is 7.82. The summed E-state index contributed by atoms with van der Waals surface area (Å²) in [6.07, 6.45) is 0. The maximum absolute atomic E-state index is 4.58. The molecule has 0 saturated heterocycles. The van der Waals surface area contributed by atoms with Crippen molar-refractivity contribution < 1.29 is 0 Å². The normalized spacial score (nSPS) is 9.79. The maximum atomic E-state index is 4.58. The molecule has 0 atom stereocenters. The van der Waals surface area contributed by atoms with E-state index in [-0.39, 0.29) is 0 Å². The first kappa shape index (κ1) is 9.07. The van der Waals surface area contributed by atoms with Crippen molar-refractivity contribution in [1.29, 1.82) is 0 Å². The quantitative estimate of drug-likeness (QED) is 0.501. The van der Waals surface area contributed by atoms with Crippen LogP contribution in [0.25, 0.3) is 10.8 Å². The lowest BCUT2D eigenvalue weighted by atomic mass is 10.0. The summed E-state index contributed by atoms with van der Waals surface area (Å²) in [5, 5.41) is 4.84. The number of aryl methyl sites for hydroxylation is 1. The van der Waals surface area contributed by atoms with Crippen molar-refractivity contribution in [3.8, 4) is 0 Å². The molecule has 14 heavy (non-hydrogen) atoms. The Labute approximate surface area is 88.1 Å². The second-order valence-electron chi connectivity index (χ2n) is 3.19. The lowest BCUT2D eigenvalue weighted by Crippen LogP contribution is -1.77. The van der Waals surface area contributed by atoms with Gasteiger partial charge >= 0.3 is 0 Å². The van der Waals surface area contributed by atoms with Crippen LogP contribution in [0.15, 0.2) is 41.4 Å². The van der Waals surface area contributed by atoms with Crippen molar-refractivity contribution in [2.45, 2.75) is 6.92 Å². The number of benzene rings is 2.